The van der Waals surface area contributed by atoms with Crippen molar-refractivity contribution in [1.82, 2.24) is 0 Å². The summed E-state index contributed by atoms with van der Waals surface area (Å²) in [6.45, 7) is 0. The first kappa shape index (κ1) is 18.5. The molecule has 0 unspecified atom stereocenters. The van der Waals surface area contributed by atoms with E-state index in [-0.39, 0.29) is 11.2 Å². The maximum absolute atomic E-state index is 12.6. The molecule has 27 heavy (non-hydrogen) atoms. The quantitative estimate of drug-likeness (QED) is 0.605. The van der Waals surface area contributed by atoms with E-state index in [1.165, 1.54) is 11.3 Å². The molecule has 1 amide bonds. The fraction of sp³-hybridized carbons (Fsp3) is 0.250. The molecule has 1 saturated carbocycles. The maximum Gasteiger partial charge on any atom is 0.267 e. The van der Waals surface area contributed by atoms with E-state index in [9.17, 15) is 13.2 Å². The van der Waals surface area contributed by atoms with Crippen molar-refractivity contribution in [3.8, 4) is 0 Å². The molecule has 1 aliphatic carbocycles. The van der Waals surface area contributed by atoms with Crippen LogP contribution in [0.4, 0.5) is 5.69 Å². The van der Waals surface area contributed by atoms with E-state index < -0.39 is 9.84 Å². The summed E-state index contributed by atoms with van der Waals surface area (Å²) in [7, 11) is -3.29. The standard InChI is InChI=1S/C20H18ClNO3S2/c21-18-16-7-3-4-8-17(16)26-19(18)20(23)22-13-9-11-15(12-10-13)27(24,25)14-5-1-2-6-14/h3-4,7-12,14H,1-2,5-6H2,(H,22,23). The summed E-state index contributed by atoms with van der Waals surface area (Å²) >= 11 is 7.68. The Hall–Kier alpha value is -1.89. The van der Waals surface area contributed by atoms with Gasteiger partial charge in [-0.2, -0.15) is 0 Å². The van der Waals surface area contributed by atoms with Gasteiger partial charge in [-0.05, 0) is 43.2 Å². The Balaban J connectivity index is 1.54. The summed E-state index contributed by atoms with van der Waals surface area (Å²) in [5.74, 6) is -0.299. The number of carbonyl (C=O) groups excluding carboxylic acids is 1. The highest BCUT2D eigenvalue weighted by Gasteiger charge is 2.30. The van der Waals surface area contributed by atoms with E-state index in [4.69, 9.17) is 11.6 Å². The minimum absolute atomic E-state index is 0.282. The van der Waals surface area contributed by atoms with Gasteiger partial charge in [-0.25, -0.2) is 8.42 Å². The van der Waals surface area contributed by atoms with Gasteiger partial charge >= 0.3 is 0 Å². The van der Waals surface area contributed by atoms with E-state index in [2.05, 4.69) is 5.32 Å². The van der Waals surface area contributed by atoms with Crippen molar-refractivity contribution in [2.45, 2.75) is 35.8 Å². The second-order valence-corrected chi connectivity index (χ2v) is 10.3. The van der Waals surface area contributed by atoms with Crippen LogP contribution in [0.5, 0.6) is 0 Å². The summed E-state index contributed by atoms with van der Waals surface area (Å²) in [6.07, 6.45) is 3.39. The number of sulfone groups is 1. The van der Waals surface area contributed by atoms with Gasteiger partial charge in [-0.1, -0.05) is 42.6 Å². The minimum atomic E-state index is -3.29. The first-order valence-corrected chi connectivity index (χ1v) is 11.5. The lowest BCUT2D eigenvalue weighted by molar-refractivity contribution is 0.103. The molecule has 0 saturated heterocycles. The average molecular weight is 420 g/mol. The molecule has 0 spiro atoms. The van der Waals surface area contributed by atoms with Crippen molar-refractivity contribution in [3.63, 3.8) is 0 Å². The van der Waals surface area contributed by atoms with Crippen molar-refractivity contribution >= 4 is 54.5 Å². The van der Waals surface area contributed by atoms with Gasteiger partial charge in [0.05, 0.1) is 15.2 Å². The summed E-state index contributed by atoms with van der Waals surface area (Å²) in [4.78, 5) is 13.3. The van der Waals surface area contributed by atoms with Crippen LogP contribution in [0.25, 0.3) is 10.1 Å². The van der Waals surface area contributed by atoms with E-state index in [0.29, 0.717) is 20.5 Å². The zero-order chi connectivity index (χ0) is 19.0. The molecule has 1 fully saturated rings. The van der Waals surface area contributed by atoms with Crippen LogP contribution in [0.1, 0.15) is 35.4 Å². The van der Waals surface area contributed by atoms with E-state index in [0.717, 1.165) is 35.8 Å². The van der Waals surface area contributed by atoms with Gasteiger partial charge in [0.2, 0.25) is 0 Å². The first-order chi connectivity index (χ1) is 13.0. The molecule has 0 aliphatic heterocycles. The monoisotopic (exact) mass is 419 g/mol. The number of carbonyl (C=O) groups is 1. The Bertz CT molecular complexity index is 1100. The number of benzene rings is 2. The zero-order valence-corrected chi connectivity index (χ0v) is 16.8. The van der Waals surface area contributed by atoms with Crippen LogP contribution < -0.4 is 5.32 Å². The second kappa shape index (κ2) is 7.26. The maximum atomic E-state index is 12.6. The van der Waals surface area contributed by atoms with Gasteiger partial charge in [0.25, 0.3) is 5.91 Å². The topological polar surface area (TPSA) is 63.2 Å². The van der Waals surface area contributed by atoms with Crippen LogP contribution >= 0.6 is 22.9 Å². The Kier molecular flexibility index (Phi) is 4.97. The molecule has 2 aromatic carbocycles. The third-order valence-electron chi connectivity index (χ3n) is 4.92. The average Bonchev–Trinajstić information content (AvgIpc) is 3.32. The fourth-order valence-electron chi connectivity index (χ4n) is 3.47. The van der Waals surface area contributed by atoms with Gasteiger partial charge in [0.1, 0.15) is 4.88 Å². The van der Waals surface area contributed by atoms with Gasteiger partial charge in [0, 0.05) is 15.8 Å². The Labute approximate surface area is 167 Å². The molecule has 0 atom stereocenters. The highest BCUT2D eigenvalue weighted by molar-refractivity contribution is 7.92. The molecule has 0 radical (unpaired) electrons. The van der Waals surface area contributed by atoms with Crippen molar-refractivity contribution in [3.05, 3.63) is 58.4 Å². The molecule has 140 valence electrons. The number of rotatable bonds is 4. The predicted molar refractivity (Wildman–Crippen MR) is 111 cm³/mol. The normalized spacial score (nSPS) is 15.3. The number of amides is 1. The molecular weight excluding hydrogens is 402 g/mol. The molecule has 4 nitrogen and oxygen atoms in total. The van der Waals surface area contributed by atoms with E-state index >= 15 is 0 Å². The predicted octanol–water partition coefficient (Wildman–Crippen LogP) is 5.52. The highest BCUT2D eigenvalue weighted by Crippen LogP contribution is 2.35. The number of nitrogens with one attached hydrogen (secondary N) is 1. The second-order valence-electron chi connectivity index (χ2n) is 6.67. The minimum Gasteiger partial charge on any atom is -0.321 e. The fourth-order valence-corrected chi connectivity index (χ4v) is 6.73. The van der Waals surface area contributed by atoms with Crippen LogP contribution in [0.2, 0.25) is 5.02 Å². The lowest BCUT2D eigenvalue weighted by Crippen LogP contribution is -2.18. The van der Waals surface area contributed by atoms with Gasteiger partial charge in [-0.3, -0.25) is 4.79 Å². The molecule has 1 N–H and O–H groups in total. The third-order valence-corrected chi connectivity index (χ3v) is 8.88. The van der Waals surface area contributed by atoms with Crippen molar-refractivity contribution in [2.24, 2.45) is 0 Å². The van der Waals surface area contributed by atoms with Crippen LogP contribution in [-0.4, -0.2) is 19.6 Å². The van der Waals surface area contributed by atoms with E-state index in [1.54, 1.807) is 24.3 Å². The highest BCUT2D eigenvalue weighted by atomic mass is 35.5. The summed E-state index contributed by atoms with van der Waals surface area (Å²) < 4.78 is 26.2. The molecule has 1 aliphatic rings. The Morgan fingerprint density at radius 2 is 1.70 bits per heavy atom. The summed E-state index contributed by atoms with van der Waals surface area (Å²) in [5, 5.41) is 3.81. The SMILES string of the molecule is O=C(Nc1ccc(S(=O)(=O)C2CCCC2)cc1)c1sc2ccccc2c1Cl. The van der Waals surface area contributed by atoms with Crippen molar-refractivity contribution < 1.29 is 13.2 Å². The van der Waals surface area contributed by atoms with Crippen molar-refractivity contribution in [1.29, 1.82) is 0 Å². The molecule has 3 aromatic rings. The lowest BCUT2D eigenvalue weighted by Gasteiger charge is -2.12. The van der Waals surface area contributed by atoms with Crippen LogP contribution in [0.15, 0.2) is 53.4 Å². The number of halogens is 1. The zero-order valence-electron chi connectivity index (χ0n) is 14.4. The summed E-state index contributed by atoms with van der Waals surface area (Å²) in [5.41, 5.74) is 0.541. The lowest BCUT2D eigenvalue weighted by atomic mass is 10.2. The Morgan fingerprint density at radius 1 is 1.04 bits per heavy atom. The molecule has 1 heterocycles. The number of anilines is 1. The smallest absolute Gasteiger partial charge is 0.267 e. The number of hydrogen-bond acceptors (Lipinski definition) is 4. The van der Waals surface area contributed by atoms with Crippen LogP contribution in [-0.2, 0) is 9.84 Å². The van der Waals surface area contributed by atoms with Gasteiger partial charge in [-0.15, -0.1) is 11.3 Å². The van der Waals surface area contributed by atoms with Gasteiger partial charge in [0.15, 0.2) is 9.84 Å². The van der Waals surface area contributed by atoms with E-state index in [1.807, 2.05) is 24.3 Å². The molecular formula is C20H18ClNO3S2. The Morgan fingerprint density at radius 3 is 2.37 bits per heavy atom. The number of fused-ring (bicyclic) bond motifs is 1. The molecule has 0 bridgehead atoms. The van der Waals surface area contributed by atoms with Gasteiger partial charge < -0.3 is 5.32 Å². The molecule has 1 aromatic heterocycles. The van der Waals surface area contributed by atoms with Crippen molar-refractivity contribution in [2.75, 3.05) is 5.32 Å². The molecule has 4 rings (SSSR count). The van der Waals surface area contributed by atoms with Crippen LogP contribution in [0, 0.1) is 0 Å². The number of hydrogen-bond donors (Lipinski definition) is 1. The molecule has 7 heteroatoms. The largest absolute Gasteiger partial charge is 0.321 e. The third kappa shape index (κ3) is 3.49. The van der Waals surface area contributed by atoms with Crippen LogP contribution in [0.3, 0.4) is 0 Å². The number of thiophene rings is 1. The summed E-state index contributed by atoms with van der Waals surface area (Å²) in [6, 6.07) is 14.0. The first-order valence-electron chi connectivity index (χ1n) is 8.79.